The van der Waals surface area contributed by atoms with Crippen LogP contribution in [-0.2, 0) is 13.2 Å². The molecule has 0 bridgehead atoms. The lowest BCUT2D eigenvalue weighted by Crippen LogP contribution is -2.46. The molecule has 2 aromatic carbocycles. The molecule has 0 fully saturated rings. The number of hydrogen-bond acceptors (Lipinski definition) is 3. The Bertz CT molecular complexity index is 922. The van der Waals surface area contributed by atoms with E-state index in [0.717, 1.165) is 5.75 Å². The van der Waals surface area contributed by atoms with Gasteiger partial charge in [0.25, 0.3) is 5.91 Å². The van der Waals surface area contributed by atoms with Crippen molar-refractivity contribution in [1.29, 1.82) is 0 Å². The summed E-state index contributed by atoms with van der Waals surface area (Å²) in [5.41, 5.74) is 1.89. The van der Waals surface area contributed by atoms with Gasteiger partial charge in [-0.3, -0.25) is 9.48 Å². The number of nitrogens with zero attached hydrogens (tertiary/aromatic N) is 3. The Balaban J connectivity index is 1.56. The molecule has 3 aromatic rings. The highest BCUT2D eigenvalue weighted by atomic mass is 19.1. The molecule has 1 amide bonds. The largest absolute Gasteiger partial charge is 0.487 e. The summed E-state index contributed by atoms with van der Waals surface area (Å²) in [4.78, 5) is 14.6. The zero-order valence-electron chi connectivity index (χ0n) is 14.3. The van der Waals surface area contributed by atoms with E-state index in [1.807, 2.05) is 37.3 Å². The number of aromatic nitrogens is 2. The highest BCUT2D eigenvalue weighted by Gasteiger charge is 2.32. The van der Waals surface area contributed by atoms with Crippen molar-refractivity contribution in [2.24, 2.45) is 0 Å². The van der Waals surface area contributed by atoms with Crippen LogP contribution in [0.5, 0.6) is 5.75 Å². The molecule has 1 aromatic heterocycles. The van der Waals surface area contributed by atoms with E-state index in [2.05, 4.69) is 5.10 Å². The maximum Gasteiger partial charge on any atom is 0.276 e. The van der Waals surface area contributed by atoms with Crippen molar-refractivity contribution in [3.05, 3.63) is 77.9 Å². The second-order valence-corrected chi connectivity index (χ2v) is 6.31. The number of carbonyl (C=O) groups is 1. The first-order valence-corrected chi connectivity index (χ1v) is 8.45. The Morgan fingerprint density at radius 2 is 1.88 bits per heavy atom. The van der Waals surface area contributed by atoms with Gasteiger partial charge in [-0.05, 0) is 49.4 Å². The van der Waals surface area contributed by atoms with Crippen molar-refractivity contribution < 1.29 is 13.9 Å². The lowest BCUT2D eigenvalue weighted by atomic mass is 10.1. The van der Waals surface area contributed by atoms with Crippen LogP contribution in [0.2, 0.25) is 0 Å². The van der Waals surface area contributed by atoms with E-state index in [4.69, 9.17) is 4.74 Å². The molecule has 2 heterocycles. The average molecular weight is 351 g/mol. The predicted molar refractivity (Wildman–Crippen MR) is 95.7 cm³/mol. The molecule has 0 aliphatic carbocycles. The smallest absolute Gasteiger partial charge is 0.276 e. The van der Waals surface area contributed by atoms with Crippen LogP contribution in [0.4, 0.5) is 10.1 Å². The minimum atomic E-state index is -0.323. The summed E-state index contributed by atoms with van der Waals surface area (Å²) < 4.78 is 20.6. The zero-order chi connectivity index (χ0) is 18.1. The summed E-state index contributed by atoms with van der Waals surface area (Å²) >= 11 is 0. The third kappa shape index (κ3) is 3.06. The lowest BCUT2D eigenvalue weighted by molar-refractivity contribution is 0.0947. The van der Waals surface area contributed by atoms with Gasteiger partial charge in [-0.25, -0.2) is 4.39 Å². The Hall–Kier alpha value is -3.15. The van der Waals surface area contributed by atoms with E-state index in [9.17, 15) is 9.18 Å². The van der Waals surface area contributed by atoms with Crippen molar-refractivity contribution in [2.75, 3.05) is 4.90 Å². The standard InChI is InChI=1S/C20H18FN3O2/c1-14-12-23-19(20(25)24(14)17-9-7-15(21)8-10-17)11-16(22-23)13-26-18-5-3-2-4-6-18/h2-11,14H,12-13H2,1H3. The summed E-state index contributed by atoms with van der Waals surface area (Å²) in [5, 5.41) is 4.49. The second kappa shape index (κ2) is 6.63. The molecular formula is C20H18FN3O2. The number of benzene rings is 2. The number of para-hydroxylation sites is 1. The Morgan fingerprint density at radius 3 is 2.62 bits per heavy atom. The first-order chi connectivity index (χ1) is 12.6. The molecule has 1 atom stereocenters. The van der Waals surface area contributed by atoms with Crippen LogP contribution in [0, 0.1) is 5.82 Å². The van der Waals surface area contributed by atoms with Crippen molar-refractivity contribution in [2.45, 2.75) is 26.1 Å². The third-order valence-electron chi connectivity index (χ3n) is 4.38. The Morgan fingerprint density at radius 1 is 1.15 bits per heavy atom. The first kappa shape index (κ1) is 16.3. The van der Waals surface area contributed by atoms with E-state index in [0.29, 0.717) is 30.2 Å². The zero-order valence-corrected chi connectivity index (χ0v) is 14.3. The molecule has 5 nitrogen and oxygen atoms in total. The average Bonchev–Trinajstić information content (AvgIpc) is 3.05. The molecule has 132 valence electrons. The highest BCUT2D eigenvalue weighted by Crippen LogP contribution is 2.26. The van der Waals surface area contributed by atoms with Crippen LogP contribution in [0.1, 0.15) is 23.1 Å². The van der Waals surface area contributed by atoms with E-state index in [1.165, 1.54) is 12.1 Å². The van der Waals surface area contributed by atoms with E-state index in [1.54, 1.807) is 27.8 Å². The minimum absolute atomic E-state index is 0.0803. The van der Waals surface area contributed by atoms with Gasteiger partial charge in [0.15, 0.2) is 0 Å². The van der Waals surface area contributed by atoms with Gasteiger partial charge >= 0.3 is 0 Å². The molecule has 1 aliphatic rings. The third-order valence-corrected chi connectivity index (χ3v) is 4.38. The highest BCUT2D eigenvalue weighted by molar-refractivity contribution is 6.06. The number of fused-ring (bicyclic) bond motifs is 1. The maximum absolute atomic E-state index is 13.2. The molecule has 6 heteroatoms. The number of anilines is 1. The number of amides is 1. The monoisotopic (exact) mass is 351 g/mol. The van der Waals surface area contributed by atoms with Crippen LogP contribution >= 0.6 is 0 Å². The second-order valence-electron chi connectivity index (χ2n) is 6.31. The van der Waals surface area contributed by atoms with Crippen molar-refractivity contribution >= 4 is 11.6 Å². The Labute approximate surface area is 150 Å². The van der Waals surface area contributed by atoms with Gasteiger partial charge in [0, 0.05) is 5.69 Å². The molecule has 1 unspecified atom stereocenters. The number of carbonyl (C=O) groups excluding carboxylic acids is 1. The predicted octanol–water partition coefficient (Wildman–Crippen LogP) is 3.65. The fourth-order valence-electron chi connectivity index (χ4n) is 3.15. The number of ether oxygens (including phenoxy) is 1. The van der Waals surface area contributed by atoms with E-state index < -0.39 is 0 Å². The van der Waals surface area contributed by atoms with Crippen LogP contribution in [0.3, 0.4) is 0 Å². The van der Waals surface area contributed by atoms with Gasteiger partial charge < -0.3 is 9.64 Å². The molecule has 0 spiro atoms. The van der Waals surface area contributed by atoms with Gasteiger partial charge in [0.05, 0.1) is 12.6 Å². The van der Waals surface area contributed by atoms with Gasteiger partial charge in [-0.15, -0.1) is 0 Å². The summed E-state index contributed by atoms with van der Waals surface area (Å²) in [6.45, 7) is 2.82. The van der Waals surface area contributed by atoms with Gasteiger partial charge in [0.2, 0.25) is 0 Å². The van der Waals surface area contributed by atoms with Crippen molar-refractivity contribution in [3.8, 4) is 5.75 Å². The maximum atomic E-state index is 13.2. The summed E-state index contributed by atoms with van der Waals surface area (Å²) in [5.74, 6) is 0.288. The topological polar surface area (TPSA) is 47.4 Å². The van der Waals surface area contributed by atoms with Crippen LogP contribution in [0.15, 0.2) is 60.7 Å². The fourth-order valence-corrected chi connectivity index (χ4v) is 3.15. The molecule has 4 rings (SSSR count). The van der Waals surface area contributed by atoms with E-state index >= 15 is 0 Å². The molecule has 1 aliphatic heterocycles. The van der Waals surface area contributed by atoms with Crippen LogP contribution in [-0.4, -0.2) is 21.7 Å². The SMILES string of the molecule is CC1Cn2nc(COc3ccccc3)cc2C(=O)N1c1ccc(F)cc1. The molecule has 0 radical (unpaired) electrons. The van der Waals surface area contributed by atoms with Gasteiger partial charge in [-0.1, -0.05) is 18.2 Å². The molecule has 0 saturated heterocycles. The van der Waals surface area contributed by atoms with Crippen LogP contribution < -0.4 is 9.64 Å². The Kier molecular flexibility index (Phi) is 4.16. The molecule has 0 saturated carbocycles. The number of hydrogen-bond donors (Lipinski definition) is 0. The van der Waals surface area contributed by atoms with E-state index in [-0.39, 0.29) is 17.8 Å². The van der Waals surface area contributed by atoms with Crippen molar-refractivity contribution in [3.63, 3.8) is 0 Å². The molecule has 26 heavy (non-hydrogen) atoms. The normalized spacial score (nSPS) is 16.5. The van der Waals surface area contributed by atoms with Gasteiger partial charge in [-0.2, -0.15) is 5.10 Å². The lowest BCUT2D eigenvalue weighted by Gasteiger charge is -2.33. The minimum Gasteiger partial charge on any atom is -0.487 e. The fraction of sp³-hybridized carbons (Fsp3) is 0.200. The summed E-state index contributed by atoms with van der Waals surface area (Å²) in [6, 6.07) is 17.1. The number of halogens is 1. The molecule has 0 N–H and O–H groups in total. The van der Waals surface area contributed by atoms with Gasteiger partial charge in [0.1, 0.15) is 29.6 Å². The number of rotatable bonds is 4. The molecular weight excluding hydrogens is 333 g/mol. The van der Waals surface area contributed by atoms with Crippen molar-refractivity contribution in [1.82, 2.24) is 9.78 Å². The first-order valence-electron chi connectivity index (χ1n) is 8.45. The van der Waals surface area contributed by atoms with Crippen LogP contribution in [0.25, 0.3) is 0 Å². The summed E-state index contributed by atoms with van der Waals surface area (Å²) in [7, 11) is 0. The quantitative estimate of drug-likeness (QED) is 0.721. The summed E-state index contributed by atoms with van der Waals surface area (Å²) in [6.07, 6.45) is 0.